The number of carbonyl (C=O) groups is 3. The van der Waals surface area contributed by atoms with Crippen LogP contribution in [0.15, 0.2) is 48.5 Å². The number of benzene rings is 2. The number of piperidine rings is 1. The summed E-state index contributed by atoms with van der Waals surface area (Å²) in [6, 6.07) is 14.8. The van der Waals surface area contributed by atoms with Crippen molar-refractivity contribution >= 4 is 18.0 Å². The quantitative estimate of drug-likeness (QED) is 0.551. The summed E-state index contributed by atoms with van der Waals surface area (Å²) in [5.41, 5.74) is 4.35. The van der Waals surface area contributed by atoms with Gasteiger partial charge in [-0.25, -0.2) is 4.79 Å². The van der Waals surface area contributed by atoms with Gasteiger partial charge in [-0.1, -0.05) is 48.5 Å². The maximum Gasteiger partial charge on any atom is 0.407 e. The molecule has 1 aliphatic heterocycles. The number of carboxylic acid groups (broad SMARTS) is 1. The maximum absolute atomic E-state index is 13.0. The molecule has 2 aromatic rings. The number of hydrogen-bond acceptors (Lipinski definition) is 5. The van der Waals surface area contributed by atoms with Gasteiger partial charge in [0.25, 0.3) is 0 Å². The first-order valence-electron chi connectivity index (χ1n) is 11.7. The van der Waals surface area contributed by atoms with Crippen LogP contribution in [0, 0.1) is 5.92 Å². The number of carboxylic acids is 1. The Morgan fingerprint density at radius 3 is 2.15 bits per heavy atom. The zero-order valence-electron chi connectivity index (χ0n) is 19.0. The number of aliphatic carboxylic acids is 1. The summed E-state index contributed by atoms with van der Waals surface area (Å²) in [7, 11) is 0. The summed E-state index contributed by atoms with van der Waals surface area (Å²) in [5, 5.41) is 20.9. The number of amides is 2. The second kappa shape index (κ2) is 10.7. The molecule has 0 bridgehead atoms. The normalized spacial score (nSPS) is 16.4. The van der Waals surface area contributed by atoms with E-state index in [-0.39, 0.29) is 19.1 Å². The summed E-state index contributed by atoms with van der Waals surface area (Å²) < 4.78 is 5.50. The van der Waals surface area contributed by atoms with E-state index in [0.717, 1.165) is 35.1 Å². The van der Waals surface area contributed by atoms with Crippen molar-refractivity contribution in [2.75, 3.05) is 26.3 Å². The van der Waals surface area contributed by atoms with Crippen molar-refractivity contribution in [2.45, 2.75) is 37.6 Å². The van der Waals surface area contributed by atoms with Crippen molar-refractivity contribution in [1.29, 1.82) is 0 Å². The van der Waals surface area contributed by atoms with Crippen molar-refractivity contribution < 1.29 is 29.3 Å². The predicted octanol–water partition coefficient (Wildman–Crippen LogP) is 2.99. The smallest absolute Gasteiger partial charge is 0.407 e. The summed E-state index contributed by atoms with van der Waals surface area (Å²) in [6.07, 6.45) is 0.864. The van der Waals surface area contributed by atoms with Crippen LogP contribution < -0.4 is 5.32 Å². The van der Waals surface area contributed by atoms with Gasteiger partial charge in [0.15, 0.2) is 0 Å². The van der Waals surface area contributed by atoms with Crippen molar-refractivity contribution in [1.82, 2.24) is 10.2 Å². The first kappa shape index (κ1) is 23.8. The molecule has 1 atom stereocenters. The number of nitrogens with one attached hydrogen (secondary N) is 1. The number of likely N-dealkylation sites (tertiary alicyclic amines) is 1. The molecule has 1 unspecified atom stereocenters. The van der Waals surface area contributed by atoms with Crippen LogP contribution in [0.25, 0.3) is 11.1 Å². The number of aliphatic hydroxyl groups is 1. The number of aliphatic hydroxyl groups excluding tert-OH is 1. The molecule has 2 aliphatic rings. The first-order valence-corrected chi connectivity index (χ1v) is 11.7. The lowest BCUT2D eigenvalue weighted by Crippen LogP contribution is -2.51. The molecule has 1 fully saturated rings. The Kier molecular flexibility index (Phi) is 7.47. The molecular weight excluding hydrogens is 436 g/mol. The Hall–Kier alpha value is -3.39. The number of hydrogen-bond donors (Lipinski definition) is 3. The Bertz CT molecular complexity index is 1000. The van der Waals surface area contributed by atoms with Gasteiger partial charge in [-0.2, -0.15) is 0 Å². The van der Waals surface area contributed by atoms with Crippen molar-refractivity contribution in [3.8, 4) is 11.1 Å². The summed E-state index contributed by atoms with van der Waals surface area (Å²) >= 11 is 0. The Labute approximate surface area is 198 Å². The highest BCUT2D eigenvalue weighted by Crippen LogP contribution is 2.44. The summed E-state index contributed by atoms with van der Waals surface area (Å²) in [5.74, 6) is -1.37. The van der Waals surface area contributed by atoms with Gasteiger partial charge in [-0.15, -0.1) is 0 Å². The van der Waals surface area contributed by atoms with E-state index >= 15 is 0 Å². The molecule has 0 saturated carbocycles. The van der Waals surface area contributed by atoms with E-state index in [0.29, 0.717) is 25.4 Å². The molecule has 4 rings (SSSR count). The largest absolute Gasteiger partial charge is 0.481 e. The average molecular weight is 467 g/mol. The monoisotopic (exact) mass is 466 g/mol. The third-order valence-electron chi connectivity index (χ3n) is 6.78. The zero-order chi connectivity index (χ0) is 24.1. The maximum atomic E-state index is 13.0. The number of nitrogens with zero attached hydrogens (tertiary/aromatic N) is 1. The average Bonchev–Trinajstić information content (AvgIpc) is 3.16. The Balaban J connectivity index is 1.38. The van der Waals surface area contributed by atoms with Gasteiger partial charge in [0.1, 0.15) is 12.6 Å². The molecule has 34 heavy (non-hydrogen) atoms. The summed E-state index contributed by atoms with van der Waals surface area (Å²) in [6.45, 7) is 1.15. The van der Waals surface area contributed by atoms with Gasteiger partial charge in [-0.05, 0) is 47.4 Å². The van der Waals surface area contributed by atoms with Gasteiger partial charge >= 0.3 is 12.1 Å². The van der Waals surface area contributed by atoms with E-state index in [9.17, 15) is 19.5 Å². The third kappa shape index (κ3) is 5.22. The van der Waals surface area contributed by atoms with E-state index in [2.05, 4.69) is 5.32 Å². The molecule has 8 heteroatoms. The van der Waals surface area contributed by atoms with Gasteiger partial charge < -0.3 is 25.2 Å². The molecule has 2 amide bonds. The highest BCUT2D eigenvalue weighted by atomic mass is 16.5. The molecule has 2 aromatic carbocycles. The van der Waals surface area contributed by atoms with Crippen LogP contribution in [0.3, 0.4) is 0 Å². The predicted molar refractivity (Wildman–Crippen MR) is 125 cm³/mol. The molecule has 1 heterocycles. The van der Waals surface area contributed by atoms with Gasteiger partial charge in [0.2, 0.25) is 5.91 Å². The van der Waals surface area contributed by atoms with E-state index in [4.69, 9.17) is 9.84 Å². The molecule has 1 aliphatic carbocycles. The molecule has 3 N–H and O–H groups in total. The number of ether oxygens (including phenoxy) is 1. The van der Waals surface area contributed by atoms with E-state index in [1.54, 1.807) is 4.90 Å². The SMILES string of the molecule is O=C(O)CC(NC(=O)OCC1c2ccccc2-c2ccccc21)C(=O)N1CCC(CCO)CC1. The number of carbonyl (C=O) groups excluding carboxylic acids is 2. The Morgan fingerprint density at radius 2 is 1.59 bits per heavy atom. The van der Waals surface area contributed by atoms with Crippen LogP contribution in [0.1, 0.15) is 42.7 Å². The lowest BCUT2D eigenvalue weighted by atomic mass is 9.93. The number of alkyl carbamates (subject to hydrolysis) is 1. The fraction of sp³-hybridized carbons (Fsp3) is 0.423. The topological polar surface area (TPSA) is 116 Å². The molecule has 8 nitrogen and oxygen atoms in total. The van der Waals surface area contributed by atoms with E-state index in [1.165, 1.54) is 0 Å². The standard InChI is InChI=1S/C26H30N2O6/c29-14-11-17-9-12-28(13-10-17)25(32)23(15-24(30)31)27-26(33)34-16-22-20-7-3-1-5-18(20)19-6-2-4-8-21(19)22/h1-8,17,22-23,29H,9-16H2,(H,27,33)(H,30,31). The highest BCUT2D eigenvalue weighted by molar-refractivity contribution is 5.89. The minimum absolute atomic E-state index is 0.0837. The van der Waals surface area contributed by atoms with Crippen molar-refractivity contribution in [3.63, 3.8) is 0 Å². The first-order chi connectivity index (χ1) is 16.5. The van der Waals surface area contributed by atoms with Gasteiger partial charge in [0.05, 0.1) is 6.42 Å². The molecular formula is C26H30N2O6. The molecule has 0 radical (unpaired) electrons. The van der Waals surface area contributed by atoms with Crippen molar-refractivity contribution in [3.05, 3.63) is 59.7 Å². The van der Waals surface area contributed by atoms with Crippen LogP contribution in [-0.2, 0) is 14.3 Å². The lowest BCUT2D eigenvalue weighted by molar-refractivity contribution is -0.143. The van der Waals surface area contributed by atoms with Gasteiger partial charge in [0, 0.05) is 25.6 Å². The second-order valence-electron chi connectivity index (χ2n) is 8.90. The minimum Gasteiger partial charge on any atom is -0.481 e. The van der Waals surface area contributed by atoms with E-state index in [1.807, 2.05) is 48.5 Å². The third-order valence-corrected chi connectivity index (χ3v) is 6.78. The van der Waals surface area contributed by atoms with Crippen LogP contribution in [-0.4, -0.2) is 65.4 Å². The fourth-order valence-electron chi connectivity index (χ4n) is 5.00. The zero-order valence-corrected chi connectivity index (χ0v) is 19.0. The van der Waals surface area contributed by atoms with Gasteiger partial charge in [-0.3, -0.25) is 9.59 Å². The van der Waals surface area contributed by atoms with Crippen LogP contribution in [0.2, 0.25) is 0 Å². The molecule has 1 saturated heterocycles. The lowest BCUT2D eigenvalue weighted by Gasteiger charge is -2.34. The van der Waals surface area contributed by atoms with Crippen LogP contribution >= 0.6 is 0 Å². The highest BCUT2D eigenvalue weighted by Gasteiger charge is 2.33. The molecule has 180 valence electrons. The second-order valence-corrected chi connectivity index (χ2v) is 8.90. The molecule has 0 aromatic heterocycles. The van der Waals surface area contributed by atoms with Crippen LogP contribution in [0.4, 0.5) is 4.79 Å². The van der Waals surface area contributed by atoms with E-state index < -0.39 is 30.4 Å². The van der Waals surface area contributed by atoms with Crippen LogP contribution in [0.5, 0.6) is 0 Å². The molecule has 0 spiro atoms. The fourth-order valence-corrected chi connectivity index (χ4v) is 5.00. The number of fused-ring (bicyclic) bond motifs is 3. The van der Waals surface area contributed by atoms with Crippen molar-refractivity contribution in [2.24, 2.45) is 5.92 Å². The number of rotatable bonds is 8. The summed E-state index contributed by atoms with van der Waals surface area (Å²) in [4.78, 5) is 38.5. The minimum atomic E-state index is -1.19. The Morgan fingerprint density at radius 1 is 1.00 bits per heavy atom.